The Labute approximate surface area is 140 Å². The predicted octanol–water partition coefficient (Wildman–Crippen LogP) is 3.29. The van der Waals surface area contributed by atoms with Gasteiger partial charge in [0, 0.05) is 17.4 Å². The van der Waals surface area contributed by atoms with Crippen LogP contribution in [0.3, 0.4) is 0 Å². The van der Waals surface area contributed by atoms with Crippen LogP contribution in [0.15, 0.2) is 58.7 Å². The van der Waals surface area contributed by atoms with E-state index in [9.17, 15) is 0 Å². The zero-order chi connectivity index (χ0) is 16.5. The third-order valence-electron chi connectivity index (χ3n) is 3.02. The Morgan fingerprint density at radius 3 is 2.61 bits per heavy atom. The summed E-state index contributed by atoms with van der Waals surface area (Å²) in [5.74, 6) is 2.15. The highest BCUT2D eigenvalue weighted by Crippen LogP contribution is 2.23. The maximum atomic E-state index is 5.85. The zero-order valence-corrected chi connectivity index (χ0v) is 13.9. The van der Waals surface area contributed by atoms with E-state index in [1.54, 1.807) is 26.5 Å². The molecule has 0 unspecified atom stereocenters. The molecule has 0 aromatic heterocycles. The van der Waals surface area contributed by atoms with Crippen LogP contribution in [0.1, 0.15) is 11.1 Å². The van der Waals surface area contributed by atoms with Crippen molar-refractivity contribution in [3.8, 4) is 11.5 Å². The quantitative estimate of drug-likeness (QED) is 0.501. The number of thioether (sulfide) groups is 1. The molecule has 0 spiro atoms. The van der Waals surface area contributed by atoms with E-state index >= 15 is 0 Å². The summed E-state index contributed by atoms with van der Waals surface area (Å²) in [6, 6.07) is 15.5. The maximum absolute atomic E-state index is 5.85. The van der Waals surface area contributed by atoms with Gasteiger partial charge in [0.1, 0.15) is 11.5 Å². The molecule has 0 saturated carbocycles. The van der Waals surface area contributed by atoms with Gasteiger partial charge in [-0.3, -0.25) is 0 Å². The van der Waals surface area contributed by atoms with Crippen LogP contribution in [0, 0.1) is 0 Å². The summed E-state index contributed by atoms with van der Waals surface area (Å²) in [6.07, 6.45) is 1.61. The second kappa shape index (κ2) is 8.85. The first-order valence-corrected chi connectivity index (χ1v) is 7.96. The molecule has 2 aromatic carbocycles. The smallest absolute Gasteiger partial charge is 0.180 e. The second-order valence-electron chi connectivity index (χ2n) is 4.56. The third-order valence-corrected chi connectivity index (χ3v) is 3.88. The summed E-state index contributed by atoms with van der Waals surface area (Å²) in [6.45, 7) is 0. The molecule has 0 amide bonds. The lowest BCUT2D eigenvalue weighted by Gasteiger charge is -2.06. The van der Waals surface area contributed by atoms with Gasteiger partial charge in [0.25, 0.3) is 0 Å². The number of methoxy groups -OCH3 is 2. The van der Waals surface area contributed by atoms with Crippen LogP contribution < -0.4 is 15.2 Å². The van der Waals surface area contributed by atoms with Crippen molar-refractivity contribution in [2.75, 3.05) is 14.2 Å². The molecule has 0 saturated heterocycles. The molecule has 0 aliphatic carbocycles. The van der Waals surface area contributed by atoms with E-state index in [2.05, 4.69) is 10.2 Å². The highest BCUT2D eigenvalue weighted by atomic mass is 32.2. The molecule has 120 valence electrons. The van der Waals surface area contributed by atoms with Gasteiger partial charge in [-0.1, -0.05) is 42.1 Å². The molecular weight excluding hydrogens is 310 g/mol. The summed E-state index contributed by atoms with van der Waals surface area (Å²) in [5, 5.41) is 8.42. The molecule has 0 fully saturated rings. The molecule has 2 rings (SSSR count). The molecule has 0 heterocycles. The van der Waals surface area contributed by atoms with Crippen molar-refractivity contribution in [1.82, 2.24) is 0 Å². The minimum absolute atomic E-state index is 0.414. The van der Waals surface area contributed by atoms with E-state index < -0.39 is 0 Å². The second-order valence-corrected chi connectivity index (χ2v) is 5.56. The number of hydrogen-bond donors (Lipinski definition) is 1. The Balaban J connectivity index is 1.97. The van der Waals surface area contributed by atoms with Gasteiger partial charge in [0.05, 0.1) is 20.4 Å². The van der Waals surface area contributed by atoms with E-state index in [1.807, 2.05) is 42.5 Å². The van der Waals surface area contributed by atoms with Crippen molar-refractivity contribution in [3.63, 3.8) is 0 Å². The lowest BCUT2D eigenvalue weighted by molar-refractivity contribution is 0.394. The average Bonchev–Trinajstić information content (AvgIpc) is 2.61. The Morgan fingerprint density at radius 1 is 1.13 bits per heavy atom. The number of amidine groups is 1. The first kappa shape index (κ1) is 16.9. The Morgan fingerprint density at radius 2 is 1.91 bits per heavy atom. The summed E-state index contributed by atoms with van der Waals surface area (Å²) in [5.41, 5.74) is 7.84. The SMILES string of the molecule is COc1ccc(C=NN=C(N)SCc2ccccc2)c(OC)c1. The van der Waals surface area contributed by atoms with Crippen molar-refractivity contribution in [2.24, 2.45) is 15.9 Å². The molecule has 6 heteroatoms. The van der Waals surface area contributed by atoms with Gasteiger partial charge in [-0.2, -0.15) is 5.10 Å². The standard InChI is InChI=1S/C17H19N3O2S/c1-21-15-9-8-14(16(10-15)22-2)11-19-20-17(18)23-12-13-6-4-3-5-7-13/h3-11H,12H2,1-2H3,(H2,18,20). The van der Waals surface area contributed by atoms with E-state index in [-0.39, 0.29) is 0 Å². The summed E-state index contributed by atoms with van der Waals surface area (Å²) in [7, 11) is 3.21. The lowest BCUT2D eigenvalue weighted by Crippen LogP contribution is -2.06. The minimum Gasteiger partial charge on any atom is -0.497 e. The van der Waals surface area contributed by atoms with E-state index in [1.165, 1.54) is 17.3 Å². The van der Waals surface area contributed by atoms with E-state index in [0.717, 1.165) is 17.1 Å². The van der Waals surface area contributed by atoms with Crippen LogP contribution >= 0.6 is 11.8 Å². The van der Waals surface area contributed by atoms with E-state index in [0.29, 0.717) is 10.9 Å². The number of benzene rings is 2. The highest BCUT2D eigenvalue weighted by Gasteiger charge is 2.02. The molecule has 0 aliphatic rings. The summed E-state index contributed by atoms with van der Waals surface area (Å²) >= 11 is 1.44. The molecular formula is C17H19N3O2S. The van der Waals surface area contributed by atoms with Crippen LogP contribution in [0.5, 0.6) is 11.5 Å². The summed E-state index contributed by atoms with van der Waals surface area (Å²) in [4.78, 5) is 0. The molecule has 2 N–H and O–H groups in total. The highest BCUT2D eigenvalue weighted by molar-refractivity contribution is 8.13. The van der Waals surface area contributed by atoms with Gasteiger partial charge in [-0.15, -0.1) is 5.10 Å². The first-order valence-electron chi connectivity index (χ1n) is 6.98. The van der Waals surface area contributed by atoms with Gasteiger partial charge in [-0.25, -0.2) is 0 Å². The van der Waals surface area contributed by atoms with Crippen molar-refractivity contribution < 1.29 is 9.47 Å². The van der Waals surface area contributed by atoms with Gasteiger partial charge >= 0.3 is 0 Å². The van der Waals surface area contributed by atoms with Crippen molar-refractivity contribution in [1.29, 1.82) is 0 Å². The van der Waals surface area contributed by atoms with Crippen molar-refractivity contribution in [3.05, 3.63) is 59.7 Å². The Bertz CT molecular complexity index is 687. The van der Waals surface area contributed by atoms with Crippen LogP contribution in [0.4, 0.5) is 0 Å². The largest absolute Gasteiger partial charge is 0.497 e. The van der Waals surface area contributed by atoms with Crippen LogP contribution in [-0.4, -0.2) is 25.6 Å². The third kappa shape index (κ3) is 5.34. The van der Waals surface area contributed by atoms with Crippen molar-refractivity contribution in [2.45, 2.75) is 5.75 Å². The lowest BCUT2D eigenvalue weighted by atomic mass is 10.2. The maximum Gasteiger partial charge on any atom is 0.180 e. The first-order chi connectivity index (χ1) is 11.2. The molecule has 23 heavy (non-hydrogen) atoms. The van der Waals surface area contributed by atoms with Crippen LogP contribution in [-0.2, 0) is 5.75 Å². The molecule has 0 atom stereocenters. The normalized spacial score (nSPS) is 11.7. The number of ether oxygens (including phenoxy) is 2. The van der Waals surface area contributed by atoms with Gasteiger partial charge in [0.2, 0.25) is 0 Å². The monoisotopic (exact) mass is 329 g/mol. The van der Waals surface area contributed by atoms with Crippen LogP contribution in [0.2, 0.25) is 0 Å². The number of nitrogens with two attached hydrogens (primary N) is 1. The van der Waals surface area contributed by atoms with Crippen LogP contribution in [0.25, 0.3) is 0 Å². The topological polar surface area (TPSA) is 69.2 Å². The average molecular weight is 329 g/mol. The Hall–Kier alpha value is -2.47. The Kier molecular flexibility index (Phi) is 6.50. The molecule has 0 bridgehead atoms. The fourth-order valence-electron chi connectivity index (χ4n) is 1.83. The van der Waals surface area contributed by atoms with Gasteiger partial charge in [-0.05, 0) is 17.7 Å². The van der Waals surface area contributed by atoms with Gasteiger partial charge in [0.15, 0.2) is 5.17 Å². The predicted molar refractivity (Wildman–Crippen MR) is 96.5 cm³/mol. The minimum atomic E-state index is 0.414. The van der Waals surface area contributed by atoms with Crippen molar-refractivity contribution >= 4 is 23.1 Å². The summed E-state index contributed by atoms with van der Waals surface area (Å²) < 4.78 is 10.4. The number of hydrogen-bond acceptors (Lipinski definition) is 5. The molecule has 0 radical (unpaired) electrons. The molecule has 2 aromatic rings. The van der Waals surface area contributed by atoms with Gasteiger partial charge < -0.3 is 15.2 Å². The fourth-order valence-corrected chi connectivity index (χ4v) is 2.45. The van der Waals surface area contributed by atoms with E-state index in [4.69, 9.17) is 15.2 Å². The number of nitrogens with zero attached hydrogens (tertiary/aromatic N) is 2. The molecule has 5 nitrogen and oxygen atoms in total. The zero-order valence-electron chi connectivity index (χ0n) is 13.1. The number of rotatable bonds is 6. The molecule has 0 aliphatic heterocycles. The fraction of sp³-hybridized carbons (Fsp3) is 0.176.